The Balaban J connectivity index is 1.80. The van der Waals surface area contributed by atoms with Crippen LogP contribution in [0.25, 0.3) is 11.3 Å². The lowest BCUT2D eigenvalue weighted by atomic mass is 9.99. The van der Waals surface area contributed by atoms with Crippen LogP contribution in [0.4, 0.5) is 11.4 Å². The summed E-state index contributed by atoms with van der Waals surface area (Å²) in [5.41, 5.74) is 4.54. The Bertz CT molecular complexity index is 1150. The molecule has 0 aliphatic carbocycles. The molecule has 0 spiro atoms. The lowest BCUT2D eigenvalue weighted by Gasteiger charge is -2.15. The van der Waals surface area contributed by atoms with Crippen molar-refractivity contribution in [3.05, 3.63) is 89.5 Å². The Hall–Kier alpha value is -4.06. The number of benzene rings is 3. The van der Waals surface area contributed by atoms with Crippen LogP contribution in [-0.4, -0.2) is 25.6 Å². The van der Waals surface area contributed by atoms with Gasteiger partial charge in [-0.05, 0) is 48.9 Å². The van der Waals surface area contributed by atoms with E-state index in [1.54, 1.807) is 18.2 Å². The first-order valence-electron chi connectivity index (χ1n) is 9.94. The van der Waals surface area contributed by atoms with Crippen molar-refractivity contribution in [3.8, 4) is 5.75 Å². The van der Waals surface area contributed by atoms with Crippen molar-refractivity contribution in [2.75, 3.05) is 24.4 Å². The van der Waals surface area contributed by atoms with Crippen LogP contribution in [0.1, 0.15) is 28.4 Å². The summed E-state index contributed by atoms with van der Waals surface area (Å²) in [6, 6.07) is 22.3. The Labute approximate surface area is 180 Å². The van der Waals surface area contributed by atoms with Crippen LogP contribution in [0.3, 0.4) is 0 Å². The van der Waals surface area contributed by atoms with Gasteiger partial charge in [-0.25, -0.2) is 4.79 Å². The zero-order chi connectivity index (χ0) is 21.8. The number of hydrogen-bond acceptors (Lipinski definition) is 5. The Morgan fingerprint density at radius 1 is 0.968 bits per heavy atom. The van der Waals surface area contributed by atoms with Gasteiger partial charge in [0.2, 0.25) is 0 Å². The maximum absolute atomic E-state index is 13.0. The van der Waals surface area contributed by atoms with Crippen LogP contribution in [0, 0.1) is 0 Å². The Morgan fingerprint density at radius 2 is 1.71 bits per heavy atom. The summed E-state index contributed by atoms with van der Waals surface area (Å²) in [7, 11) is 1.33. The average molecular weight is 414 g/mol. The highest BCUT2D eigenvalue weighted by atomic mass is 16.5. The minimum absolute atomic E-state index is 0.241. The third-order valence-corrected chi connectivity index (χ3v) is 4.93. The molecule has 2 N–H and O–H groups in total. The fourth-order valence-electron chi connectivity index (χ4n) is 3.50. The van der Waals surface area contributed by atoms with E-state index in [0.717, 1.165) is 22.6 Å². The molecule has 6 nitrogen and oxygen atoms in total. The van der Waals surface area contributed by atoms with Gasteiger partial charge in [-0.2, -0.15) is 0 Å². The number of carbonyl (C=O) groups excluding carboxylic acids is 2. The number of fused-ring (bicyclic) bond motifs is 1. The number of esters is 1. The van der Waals surface area contributed by atoms with Crippen molar-refractivity contribution >= 4 is 34.5 Å². The third-order valence-electron chi connectivity index (χ3n) is 4.93. The maximum Gasteiger partial charge on any atom is 0.337 e. The van der Waals surface area contributed by atoms with Crippen molar-refractivity contribution in [2.45, 2.75) is 6.92 Å². The van der Waals surface area contributed by atoms with Crippen LogP contribution in [0.2, 0.25) is 0 Å². The first-order valence-corrected chi connectivity index (χ1v) is 9.94. The van der Waals surface area contributed by atoms with Gasteiger partial charge in [-0.15, -0.1) is 0 Å². The number of hydrogen-bond donors (Lipinski definition) is 2. The molecule has 1 heterocycles. The van der Waals surface area contributed by atoms with E-state index in [2.05, 4.69) is 10.6 Å². The number of carbonyl (C=O) groups is 2. The average Bonchev–Trinajstić information content (AvgIpc) is 3.13. The van der Waals surface area contributed by atoms with Crippen LogP contribution < -0.4 is 15.4 Å². The van der Waals surface area contributed by atoms with E-state index < -0.39 is 5.97 Å². The molecule has 0 atom stereocenters. The van der Waals surface area contributed by atoms with Gasteiger partial charge < -0.3 is 20.1 Å². The molecule has 1 aliphatic heterocycles. The maximum atomic E-state index is 13.0. The monoisotopic (exact) mass is 414 g/mol. The van der Waals surface area contributed by atoms with Crippen LogP contribution >= 0.6 is 0 Å². The summed E-state index contributed by atoms with van der Waals surface area (Å²) >= 11 is 0. The number of amides is 1. The minimum atomic E-state index is -0.453. The molecule has 0 saturated carbocycles. The number of nitrogens with one attached hydrogen (secondary N) is 2. The lowest BCUT2D eigenvalue weighted by molar-refractivity contribution is -0.110. The van der Waals surface area contributed by atoms with E-state index in [4.69, 9.17) is 9.47 Å². The number of methoxy groups -OCH3 is 1. The highest BCUT2D eigenvalue weighted by Gasteiger charge is 2.29. The first kappa shape index (κ1) is 20.2. The van der Waals surface area contributed by atoms with Crippen LogP contribution in [0.15, 0.2) is 72.8 Å². The third kappa shape index (κ3) is 4.14. The topological polar surface area (TPSA) is 76.7 Å². The normalized spacial score (nSPS) is 13.8. The second-order valence-electron chi connectivity index (χ2n) is 6.90. The second kappa shape index (κ2) is 8.75. The molecule has 3 aromatic carbocycles. The molecule has 31 heavy (non-hydrogen) atoms. The van der Waals surface area contributed by atoms with Crippen molar-refractivity contribution in [1.29, 1.82) is 0 Å². The molecule has 3 aromatic rings. The predicted molar refractivity (Wildman–Crippen MR) is 121 cm³/mol. The first-order chi connectivity index (χ1) is 15.1. The molecule has 6 heteroatoms. The van der Waals surface area contributed by atoms with Gasteiger partial charge in [0, 0.05) is 11.3 Å². The quantitative estimate of drug-likeness (QED) is 0.447. The summed E-state index contributed by atoms with van der Waals surface area (Å²) in [5, 5.41) is 6.26. The zero-order valence-corrected chi connectivity index (χ0v) is 17.3. The molecule has 0 saturated heterocycles. The molecule has 0 bridgehead atoms. The van der Waals surface area contributed by atoms with Gasteiger partial charge in [0.15, 0.2) is 0 Å². The smallest absolute Gasteiger partial charge is 0.337 e. The van der Waals surface area contributed by atoms with E-state index >= 15 is 0 Å². The predicted octanol–water partition coefficient (Wildman–Crippen LogP) is 4.80. The van der Waals surface area contributed by atoms with E-state index in [0.29, 0.717) is 29.1 Å². The molecule has 156 valence electrons. The van der Waals surface area contributed by atoms with Crippen molar-refractivity contribution < 1.29 is 19.1 Å². The standard InChI is InChI=1S/C25H22N2O4/c1-3-31-19-12-10-18(11-13-19)26-23(16-7-5-4-6-8-16)22-20-14-9-17(25(29)30-2)15-21(20)27-24(22)28/h4-15,26H,3H2,1-2H3,(H,27,28). The summed E-state index contributed by atoms with van der Waals surface area (Å²) < 4.78 is 10.3. The second-order valence-corrected chi connectivity index (χ2v) is 6.90. The molecule has 0 unspecified atom stereocenters. The van der Waals surface area contributed by atoms with E-state index in [9.17, 15) is 9.59 Å². The Morgan fingerprint density at radius 3 is 2.39 bits per heavy atom. The molecule has 1 amide bonds. The van der Waals surface area contributed by atoms with E-state index in [1.165, 1.54) is 7.11 Å². The van der Waals surface area contributed by atoms with Crippen LogP contribution in [-0.2, 0) is 9.53 Å². The van der Waals surface area contributed by atoms with Gasteiger partial charge in [-0.3, -0.25) is 4.79 Å². The SMILES string of the molecule is CCOc1ccc(NC(=C2C(=O)Nc3cc(C(=O)OC)ccc32)c2ccccc2)cc1. The van der Waals surface area contributed by atoms with E-state index in [-0.39, 0.29) is 5.91 Å². The summed E-state index contributed by atoms with van der Waals surface area (Å²) in [6.45, 7) is 2.53. The lowest BCUT2D eigenvalue weighted by Crippen LogP contribution is -2.10. The zero-order valence-electron chi connectivity index (χ0n) is 17.3. The number of rotatable bonds is 6. The molecule has 0 fully saturated rings. The molecular formula is C25H22N2O4. The van der Waals surface area contributed by atoms with Gasteiger partial charge in [0.1, 0.15) is 5.75 Å². The molecule has 4 rings (SSSR count). The minimum Gasteiger partial charge on any atom is -0.494 e. The summed E-state index contributed by atoms with van der Waals surface area (Å²) in [5.74, 6) is 0.0841. The summed E-state index contributed by atoms with van der Waals surface area (Å²) in [6.07, 6.45) is 0. The number of ether oxygens (including phenoxy) is 2. The van der Waals surface area contributed by atoms with Crippen LogP contribution in [0.5, 0.6) is 5.75 Å². The van der Waals surface area contributed by atoms with Gasteiger partial charge in [-0.1, -0.05) is 36.4 Å². The van der Waals surface area contributed by atoms with Crippen molar-refractivity contribution in [2.24, 2.45) is 0 Å². The molecular weight excluding hydrogens is 392 g/mol. The molecule has 0 radical (unpaired) electrons. The summed E-state index contributed by atoms with van der Waals surface area (Å²) in [4.78, 5) is 24.9. The molecule has 0 aromatic heterocycles. The van der Waals surface area contributed by atoms with Crippen molar-refractivity contribution in [1.82, 2.24) is 0 Å². The van der Waals surface area contributed by atoms with Gasteiger partial charge in [0.25, 0.3) is 5.91 Å². The van der Waals surface area contributed by atoms with Crippen molar-refractivity contribution in [3.63, 3.8) is 0 Å². The Kier molecular flexibility index (Phi) is 5.71. The number of anilines is 2. The van der Waals surface area contributed by atoms with Gasteiger partial charge in [0.05, 0.1) is 36.2 Å². The largest absolute Gasteiger partial charge is 0.494 e. The molecule has 1 aliphatic rings. The fraction of sp³-hybridized carbons (Fsp3) is 0.120. The highest BCUT2D eigenvalue weighted by Crippen LogP contribution is 2.38. The van der Waals surface area contributed by atoms with E-state index in [1.807, 2.05) is 61.5 Å². The highest BCUT2D eigenvalue weighted by molar-refractivity contribution is 6.37. The van der Waals surface area contributed by atoms with Gasteiger partial charge >= 0.3 is 5.97 Å². The fourth-order valence-corrected chi connectivity index (χ4v) is 3.50.